The molecule has 13 heteroatoms. The molecule has 0 radical (unpaired) electrons. The molecule has 1 aliphatic rings. The van der Waals surface area contributed by atoms with Crippen LogP contribution in [0.5, 0.6) is 17.2 Å². The lowest BCUT2D eigenvalue weighted by Gasteiger charge is -2.40. The molecule has 0 spiro atoms. The summed E-state index contributed by atoms with van der Waals surface area (Å²) in [7, 11) is 3.29. The van der Waals surface area contributed by atoms with Crippen molar-refractivity contribution in [3.05, 3.63) is 78.4 Å². The topological polar surface area (TPSA) is 101 Å². The molecule has 0 saturated carbocycles. The third kappa shape index (κ3) is 7.09. The molecule has 1 heterocycles. The van der Waals surface area contributed by atoms with Crippen molar-refractivity contribution in [2.45, 2.75) is 0 Å². The van der Waals surface area contributed by atoms with Crippen molar-refractivity contribution in [2.75, 3.05) is 20.9 Å². The largest absolute Gasteiger partial charge is 0.507 e. The van der Waals surface area contributed by atoms with Crippen LogP contribution in [0.4, 0.5) is 0 Å². The highest BCUT2D eigenvalue weighted by molar-refractivity contribution is 9.48. The van der Waals surface area contributed by atoms with E-state index in [4.69, 9.17) is 43.3 Å². The van der Waals surface area contributed by atoms with E-state index >= 15 is 0 Å². The molecule has 35 heavy (non-hydrogen) atoms. The SMILES string of the molecule is CN=NCOc1ccc(P2(=S)SP(=S)(c3ccc(OC)cc3)S2)cc1.O=C(O)c1ccccc1O. The van der Waals surface area contributed by atoms with Crippen molar-refractivity contribution in [3.8, 4) is 17.2 Å². The van der Waals surface area contributed by atoms with Gasteiger partial charge in [0.1, 0.15) is 22.8 Å². The number of hydrogen-bond donors (Lipinski definition) is 2. The number of para-hydroxylation sites is 1. The fourth-order valence-electron chi connectivity index (χ4n) is 2.78. The van der Waals surface area contributed by atoms with E-state index in [0.717, 1.165) is 11.5 Å². The summed E-state index contributed by atoms with van der Waals surface area (Å²) in [6.45, 7) is 0.228. The Morgan fingerprint density at radius 3 is 1.86 bits per heavy atom. The summed E-state index contributed by atoms with van der Waals surface area (Å²) in [4.78, 5) is 10.3. The number of ether oxygens (including phenoxy) is 2. The second-order valence-electron chi connectivity index (χ2n) is 6.79. The minimum Gasteiger partial charge on any atom is -0.507 e. The van der Waals surface area contributed by atoms with E-state index in [0.29, 0.717) is 0 Å². The number of carboxylic acids is 1. The summed E-state index contributed by atoms with van der Waals surface area (Å²) in [5.74, 6) is 0.300. The molecule has 0 aromatic heterocycles. The van der Waals surface area contributed by atoms with Crippen molar-refractivity contribution >= 4 is 71.1 Å². The Hall–Kier alpha value is -1.87. The predicted molar refractivity (Wildman–Crippen MR) is 154 cm³/mol. The first-order valence-electron chi connectivity index (χ1n) is 9.98. The van der Waals surface area contributed by atoms with Crippen molar-refractivity contribution < 1.29 is 24.5 Å². The number of rotatable bonds is 7. The van der Waals surface area contributed by atoms with Gasteiger partial charge in [-0.3, -0.25) is 0 Å². The summed E-state index contributed by atoms with van der Waals surface area (Å²) >= 11 is 15.5. The summed E-state index contributed by atoms with van der Waals surface area (Å²) < 4.78 is 7.28. The lowest BCUT2D eigenvalue weighted by atomic mass is 10.2. The first-order chi connectivity index (χ1) is 16.7. The van der Waals surface area contributed by atoms with Gasteiger partial charge in [0.25, 0.3) is 0 Å². The summed E-state index contributed by atoms with van der Waals surface area (Å²) in [6, 6.07) is 21.8. The van der Waals surface area contributed by atoms with Crippen LogP contribution in [0.2, 0.25) is 0 Å². The molecule has 0 bridgehead atoms. The Kier molecular flexibility index (Phi) is 9.81. The highest BCUT2D eigenvalue weighted by Gasteiger charge is 2.45. The van der Waals surface area contributed by atoms with Crippen LogP contribution in [0.15, 0.2) is 83.0 Å². The molecule has 0 amide bonds. The minimum absolute atomic E-state index is 0.0671. The van der Waals surface area contributed by atoms with Gasteiger partial charge in [-0.05, 0) is 60.7 Å². The van der Waals surface area contributed by atoms with Crippen LogP contribution in [0.3, 0.4) is 0 Å². The number of nitrogens with zero attached hydrogens (tertiary/aromatic N) is 2. The zero-order valence-electron chi connectivity index (χ0n) is 18.7. The van der Waals surface area contributed by atoms with Gasteiger partial charge < -0.3 is 19.7 Å². The Morgan fingerprint density at radius 1 is 0.914 bits per heavy atom. The number of aromatic hydroxyl groups is 1. The summed E-state index contributed by atoms with van der Waals surface area (Å²) in [5.41, 5.74) is -0.0671. The molecule has 7 nitrogen and oxygen atoms in total. The zero-order chi connectivity index (χ0) is 25.5. The number of carboxylic acid groups (broad SMARTS) is 1. The van der Waals surface area contributed by atoms with Crippen molar-refractivity contribution in [2.24, 2.45) is 10.2 Å². The van der Waals surface area contributed by atoms with Gasteiger partial charge in [-0.15, -0.1) is 0 Å². The van der Waals surface area contributed by atoms with Gasteiger partial charge in [0.15, 0.2) is 6.73 Å². The number of aromatic carboxylic acids is 1. The van der Waals surface area contributed by atoms with Gasteiger partial charge in [0.05, 0.1) is 16.0 Å². The smallest absolute Gasteiger partial charge is 0.339 e. The molecule has 3 aromatic rings. The Balaban J connectivity index is 0.000000287. The number of benzene rings is 3. The molecule has 0 aliphatic carbocycles. The Labute approximate surface area is 221 Å². The van der Waals surface area contributed by atoms with Gasteiger partial charge in [0.2, 0.25) is 0 Å². The summed E-state index contributed by atoms with van der Waals surface area (Å²) in [6.07, 6.45) is 0. The first-order valence-corrected chi connectivity index (χ1v) is 19.6. The van der Waals surface area contributed by atoms with Crippen LogP contribution in [0.25, 0.3) is 0 Å². The number of carbonyl (C=O) groups is 1. The average molecular weight is 585 g/mol. The van der Waals surface area contributed by atoms with Crippen LogP contribution in [-0.2, 0) is 23.6 Å². The van der Waals surface area contributed by atoms with Crippen LogP contribution >= 0.6 is 30.9 Å². The molecule has 2 N–H and O–H groups in total. The fourth-order valence-corrected chi connectivity index (χ4v) is 45.1. The fraction of sp³-hybridized carbons (Fsp3) is 0.136. The van der Waals surface area contributed by atoms with Gasteiger partial charge in [-0.1, -0.05) is 57.7 Å². The molecule has 0 unspecified atom stereocenters. The van der Waals surface area contributed by atoms with Crippen LogP contribution < -0.4 is 20.1 Å². The highest BCUT2D eigenvalue weighted by Crippen LogP contribution is 3.04. The second kappa shape index (κ2) is 12.4. The quantitative estimate of drug-likeness (QED) is 0.246. The molecule has 0 atom stereocenters. The lowest BCUT2D eigenvalue weighted by molar-refractivity contribution is 0.0693. The van der Waals surface area contributed by atoms with Crippen LogP contribution in [0.1, 0.15) is 10.4 Å². The monoisotopic (exact) mass is 584 g/mol. The van der Waals surface area contributed by atoms with Crippen molar-refractivity contribution in [1.82, 2.24) is 0 Å². The molecule has 184 valence electrons. The number of methoxy groups -OCH3 is 1. The van der Waals surface area contributed by atoms with E-state index < -0.39 is 14.9 Å². The molecule has 4 rings (SSSR count). The lowest BCUT2D eigenvalue weighted by Crippen LogP contribution is -2.09. The number of azo groups is 1. The average Bonchev–Trinajstić information content (AvgIpc) is 2.84. The van der Waals surface area contributed by atoms with Crippen LogP contribution in [-0.4, -0.2) is 37.1 Å². The zero-order valence-corrected chi connectivity index (χ0v) is 23.7. The maximum Gasteiger partial charge on any atom is 0.339 e. The maximum atomic E-state index is 10.3. The van der Waals surface area contributed by atoms with Gasteiger partial charge in [0, 0.05) is 17.7 Å². The van der Waals surface area contributed by atoms with E-state index in [1.165, 1.54) is 22.7 Å². The molecule has 1 saturated heterocycles. The van der Waals surface area contributed by atoms with Crippen LogP contribution in [0, 0.1) is 0 Å². The van der Waals surface area contributed by atoms with Gasteiger partial charge in [-0.2, -0.15) is 10.2 Å². The molecule has 1 aliphatic heterocycles. The van der Waals surface area contributed by atoms with E-state index in [2.05, 4.69) is 22.4 Å². The molecular formula is C22H22N2O5P2S4. The minimum atomic E-state index is -1.72. The normalized spacial score (nSPS) is 20.9. The molecule has 3 aromatic carbocycles. The second-order valence-corrected chi connectivity index (χ2v) is 28.1. The Bertz CT molecular complexity index is 1290. The van der Waals surface area contributed by atoms with Gasteiger partial charge in [-0.25, -0.2) is 4.79 Å². The first kappa shape index (κ1) is 27.7. The van der Waals surface area contributed by atoms with Gasteiger partial charge >= 0.3 is 5.97 Å². The third-order valence-electron chi connectivity index (χ3n) is 4.54. The number of hydrogen-bond acceptors (Lipinski definition) is 10. The standard InChI is InChI=1S/C15H16N2O2P2S4.C7H6O3/c1-16-17-11-19-13-5-9-15(10-6-13)21(23)24-20(22,25-21)14-7-3-12(18-2)4-8-14;8-6-4-2-1-3-5(6)7(9)10/h3-10H,11H2,1-2H3;1-4,8H,(H,9,10). The van der Waals surface area contributed by atoms with E-state index in [1.807, 2.05) is 58.4 Å². The number of phenols is 1. The Morgan fingerprint density at radius 2 is 1.43 bits per heavy atom. The maximum absolute atomic E-state index is 10.3. The predicted octanol–water partition coefficient (Wildman–Crippen LogP) is 6.25. The van der Waals surface area contributed by atoms with Crippen molar-refractivity contribution in [1.29, 1.82) is 0 Å². The third-order valence-corrected chi connectivity index (χ3v) is 35.8. The molecule has 1 fully saturated rings. The highest BCUT2D eigenvalue weighted by atomic mass is 33.7. The van der Waals surface area contributed by atoms with E-state index in [9.17, 15) is 4.79 Å². The van der Waals surface area contributed by atoms with E-state index in [-0.39, 0.29) is 18.0 Å². The van der Waals surface area contributed by atoms with E-state index in [1.54, 1.807) is 26.3 Å². The molecular weight excluding hydrogens is 562 g/mol. The van der Waals surface area contributed by atoms with Crippen molar-refractivity contribution in [3.63, 3.8) is 0 Å². The summed E-state index contributed by atoms with van der Waals surface area (Å²) in [5, 5.41) is 27.1.